The average molecular weight is 658 g/mol. The molecule has 0 atom stereocenters. The van der Waals surface area contributed by atoms with Crippen molar-refractivity contribution in [2.24, 2.45) is 0 Å². The summed E-state index contributed by atoms with van der Waals surface area (Å²) in [7, 11) is 0. The summed E-state index contributed by atoms with van der Waals surface area (Å²) in [6, 6.07) is 17.5. The van der Waals surface area contributed by atoms with E-state index < -0.39 is 0 Å². The van der Waals surface area contributed by atoms with E-state index in [4.69, 9.17) is 0 Å². The molecule has 0 unspecified atom stereocenters. The molecule has 0 N–H and O–H groups in total. The third-order valence-corrected chi connectivity index (χ3v) is 8.12. The molecule has 0 aromatic heterocycles. The van der Waals surface area contributed by atoms with Crippen molar-refractivity contribution in [3.63, 3.8) is 0 Å². The van der Waals surface area contributed by atoms with Gasteiger partial charge >= 0.3 is 16.5 Å². The van der Waals surface area contributed by atoms with Crippen molar-refractivity contribution in [1.82, 2.24) is 0 Å². The topological polar surface area (TPSA) is 25.3 Å². The van der Waals surface area contributed by atoms with Gasteiger partial charge in [0.25, 0.3) is 0 Å². The zero-order chi connectivity index (χ0) is 32.4. The van der Waals surface area contributed by atoms with Crippen LogP contribution in [0.4, 0.5) is 0 Å². The van der Waals surface area contributed by atoms with Crippen LogP contribution in [0.15, 0.2) is 60.2 Å². The molecule has 0 spiro atoms. The summed E-state index contributed by atoms with van der Waals surface area (Å²) < 4.78 is 1.45. The molecule has 2 aromatic carbocycles. The molecule has 1 heterocycles. The van der Waals surface area contributed by atoms with Crippen LogP contribution in [0.5, 0.6) is 0 Å². The van der Waals surface area contributed by atoms with Crippen LogP contribution >= 0.6 is 0 Å². The van der Waals surface area contributed by atoms with Crippen LogP contribution in [-0.4, -0.2) is 4.70 Å². The molecule has 1 aliphatic heterocycles. The minimum Gasteiger partial charge on any atom is -0.493 e. The summed E-state index contributed by atoms with van der Waals surface area (Å²) in [6.45, 7) is 18.6. The van der Waals surface area contributed by atoms with E-state index in [0.29, 0.717) is 0 Å². The molecule has 0 aliphatic carbocycles. The van der Waals surface area contributed by atoms with Crippen molar-refractivity contribution in [2.75, 3.05) is 0 Å². The second kappa shape index (κ2) is 28.3. The van der Waals surface area contributed by atoms with Crippen LogP contribution in [0.2, 0.25) is 0 Å². The predicted octanol–water partition coefficient (Wildman–Crippen LogP) is 13.9. The van der Waals surface area contributed by atoms with Gasteiger partial charge in [-0.2, -0.15) is 12.8 Å². The standard InChI is InChI=1S/C30H40N2.2C6H13.Ni/c1-4-7-10-14-24-16-12-19-26(21-24)29-23-28(18-9-6-3)30(32(29)31)27-20-13-17-25(22-27)15-11-8-5-2;2*1-3-5-6-4-2;/h12-13,16-17,19-23H,4-11,14-15,18H2,1-3H3;2*1,3-6H2,2H3;/q;2*-1;+2. The first-order valence-electron chi connectivity index (χ1n) is 18.2. The van der Waals surface area contributed by atoms with Gasteiger partial charge in [-0.1, -0.05) is 130 Å². The Kier molecular flexibility index (Phi) is 27.0. The Morgan fingerprint density at radius 1 is 0.556 bits per heavy atom. The molecule has 0 saturated heterocycles. The fourth-order valence-electron chi connectivity index (χ4n) is 5.39. The SMILES string of the molecule is CCCCCc1cccc(C2=CC(CCCC)=C(c3cccc(CCCCC)c3)[N+]2=[N-])c1.[CH2-]CCCCC.[CH2-]CCCCC.[Ni+2]. The van der Waals surface area contributed by atoms with Gasteiger partial charge in [0.2, 0.25) is 11.4 Å². The summed E-state index contributed by atoms with van der Waals surface area (Å²) >= 11 is 0. The number of rotatable bonds is 19. The average Bonchev–Trinajstić information content (AvgIpc) is 3.38. The smallest absolute Gasteiger partial charge is 0.493 e. The molecular formula is C42H66N2Ni. The van der Waals surface area contributed by atoms with Crippen molar-refractivity contribution >= 4 is 11.4 Å². The summed E-state index contributed by atoms with van der Waals surface area (Å²) in [6.07, 6.45) is 25.3. The fraction of sp³-hybridized carbons (Fsp3) is 0.571. The van der Waals surface area contributed by atoms with Crippen molar-refractivity contribution in [3.05, 3.63) is 102 Å². The van der Waals surface area contributed by atoms with E-state index in [1.807, 2.05) is 0 Å². The molecule has 0 radical (unpaired) electrons. The molecule has 0 bridgehead atoms. The summed E-state index contributed by atoms with van der Waals surface area (Å²) in [5.74, 6) is 0. The molecule has 2 aromatic rings. The van der Waals surface area contributed by atoms with Gasteiger partial charge in [0.15, 0.2) is 0 Å². The molecule has 0 amide bonds. The maximum absolute atomic E-state index is 11.3. The van der Waals surface area contributed by atoms with Crippen molar-refractivity contribution in [1.29, 1.82) is 0 Å². The largest absolute Gasteiger partial charge is 2.00 e. The van der Waals surface area contributed by atoms with Crippen molar-refractivity contribution < 1.29 is 21.2 Å². The number of allylic oxidation sites excluding steroid dienone is 2. The first kappa shape index (κ1) is 43.0. The van der Waals surface area contributed by atoms with Crippen LogP contribution in [-0.2, 0) is 29.3 Å². The molecule has 45 heavy (non-hydrogen) atoms. The number of benzene rings is 2. The quantitative estimate of drug-likeness (QED) is 0.0622. The Bertz CT molecular complexity index is 1080. The maximum atomic E-state index is 11.3. The zero-order valence-electron chi connectivity index (χ0n) is 29.8. The third-order valence-electron chi connectivity index (χ3n) is 8.12. The van der Waals surface area contributed by atoms with E-state index in [1.165, 1.54) is 98.4 Å². The Morgan fingerprint density at radius 3 is 1.44 bits per heavy atom. The number of unbranched alkanes of at least 4 members (excludes halogenated alkanes) is 11. The van der Waals surface area contributed by atoms with E-state index in [-0.39, 0.29) is 16.5 Å². The van der Waals surface area contributed by atoms with E-state index in [2.05, 4.69) is 103 Å². The first-order valence-corrected chi connectivity index (χ1v) is 18.2. The molecular weight excluding hydrogens is 591 g/mol. The van der Waals surface area contributed by atoms with Gasteiger partial charge in [-0.3, -0.25) is 0 Å². The molecule has 2 nitrogen and oxygen atoms in total. The Balaban J connectivity index is 0.00000126. The molecule has 0 fully saturated rings. The first-order chi connectivity index (χ1) is 21.5. The molecule has 3 heteroatoms. The Labute approximate surface area is 290 Å². The van der Waals surface area contributed by atoms with Crippen LogP contribution in [0.1, 0.15) is 166 Å². The van der Waals surface area contributed by atoms with Gasteiger partial charge in [-0.15, -0.1) is 0 Å². The van der Waals surface area contributed by atoms with Crippen molar-refractivity contribution in [2.45, 2.75) is 157 Å². The van der Waals surface area contributed by atoms with Crippen LogP contribution in [0.3, 0.4) is 0 Å². The monoisotopic (exact) mass is 656 g/mol. The normalized spacial score (nSPS) is 12.2. The van der Waals surface area contributed by atoms with Crippen LogP contribution < -0.4 is 0 Å². The second-order valence-electron chi connectivity index (χ2n) is 12.3. The van der Waals surface area contributed by atoms with Gasteiger partial charge in [0.05, 0.1) is 0 Å². The van der Waals surface area contributed by atoms with Crippen molar-refractivity contribution in [3.8, 4) is 0 Å². The molecule has 3 rings (SSSR count). The summed E-state index contributed by atoms with van der Waals surface area (Å²) in [5, 5.41) is 0. The summed E-state index contributed by atoms with van der Waals surface area (Å²) in [4.78, 5) is 0. The predicted molar refractivity (Wildman–Crippen MR) is 196 cm³/mol. The minimum atomic E-state index is 0. The Morgan fingerprint density at radius 2 is 1.00 bits per heavy atom. The van der Waals surface area contributed by atoms with Gasteiger partial charge in [0, 0.05) is 22.8 Å². The van der Waals surface area contributed by atoms with Gasteiger partial charge < -0.3 is 19.4 Å². The van der Waals surface area contributed by atoms with E-state index >= 15 is 0 Å². The van der Waals surface area contributed by atoms with E-state index in [1.54, 1.807) is 0 Å². The van der Waals surface area contributed by atoms with Crippen LogP contribution in [0, 0.1) is 13.8 Å². The van der Waals surface area contributed by atoms with Gasteiger partial charge in [-0.05, 0) is 73.9 Å². The minimum absolute atomic E-state index is 0. The number of aryl methyl sites for hydroxylation is 2. The number of hydrogen-bond donors (Lipinski definition) is 0. The van der Waals surface area contributed by atoms with E-state index in [0.717, 1.165) is 67.5 Å². The summed E-state index contributed by atoms with van der Waals surface area (Å²) in [5.41, 5.74) is 19.4. The van der Waals surface area contributed by atoms with E-state index in [9.17, 15) is 5.53 Å². The number of nitrogens with zero attached hydrogens (tertiary/aromatic N) is 2. The molecule has 254 valence electrons. The zero-order valence-corrected chi connectivity index (χ0v) is 30.7. The fourth-order valence-corrected chi connectivity index (χ4v) is 5.39. The Hall–Kier alpha value is -1.99. The van der Waals surface area contributed by atoms with Gasteiger partial charge in [-0.25, -0.2) is 4.70 Å². The third kappa shape index (κ3) is 17.5. The van der Waals surface area contributed by atoms with Crippen LogP contribution in [0.25, 0.3) is 16.9 Å². The molecule has 0 saturated carbocycles. The molecule has 1 aliphatic rings. The second-order valence-corrected chi connectivity index (χ2v) is 12.3. The van der Waals surface area contributed by atoms with Gasteiger partial charge in [0.1, 0.15) is 0 Å². The maximum Gasteiger partial charge on any atom is 2.00 e. The number of hydrogen-bond acceptors (Lipinski definition) is 0.